The van der Waals surface area contributed by atoms with Crippen molar-refractivity contribution in [3.05, 3.63) is 65.5 Å². The van der Waals surface area contributed by atoms with Gasteiger partial charge < -0.3 is 27.6 Å². The zero-order valence-electron chi connectivity index (χ0n) is 13.4. The summed E-state index contributed by atoms with van der Waals surface area (Å²) in [6, 6.07) is 12.8. The molecule has 130 valence electrons. The second-order valence-corrected chi connectivity index (χ2v) is 5.29. The van der Waals surface area contributed by atoms with E-state index in [0.717, 1.165) is 0 Å². The number of rotatable bonds is 8. The van der Waals surface area contributed by atoms with Gasteiger partial charge in [-0.25, -0.2) is 4.39 Å². The molecule has 4 nitrogen and oxygen atoms in total. The van der Waals surface area contributed by atoms with E-state index in [2.05, 4.69) is 0 Å². The first-order valence-corrected chi connectivity index (χ1v) is 7.52. The molecule has 0 aliphatic heterocycles. The maximum absolute atomic E-state index is 12.8. The summed E-state index contributed by atoms with van der Waals surface area (Å²) in [5.74, 6) is 0.372. The first kappa shape index (κ1) is 20.1. The number of quaternary nitrogens is 1. The van der Waals surface area contributed by atoms with E-state index in [4.69, 9.17) is 4.74 Å². The van der Waals surface area contributed by atoms with Crippen LogP contribution in [-0.4, -0.2) is 31.1 Å². The van der Waals surface area contributed by atoms with Gasteiger partial charge in [-0.05, 0) is 29.8 Å². The van der Waals surface area contributed by atoms with Crippen LogP contribution in [0.2, 0.25) is 0 Å². The molecule has 2 aromatic carbocycles. The Balaban J connectivity index is 0.00000288. The third kappa shape index (κ3) is 5.92. The van der Waals surface area contributed by atoms with Crippen LogP contribution in [0.1, 0.15) is 28.4 Å². The van der Waals surface area contributed by atoms with Gasteiger partial charge in [-0.3, -0.25) is 4.79 Å². The highest BCUT2D eigenvalue weighted by Gasteiger charge is 2.11. The Morgan fingerprint density at radius 3 is 2.62 bits per heavy atom. The molecule has 0 saturated carbocycles. The standard InChI is InChI=1S/C18H20FNO3.ClH/c1-23-16-4-2-3-14(11-16)17(21)9-10-20-12-18(22)13-5-7-15(19)8-6-13;/h2-8,11,18,20,22H,9-10,12H2,1H3;1H. The van der Waals surface area contributed by atoms with E-state index in [0.29, 0.717) is 36.4 Å². The highest BCUT2D eigenvalue weighted by molar-refractivity contribution is 5.96. The van der Waals surface area contributed by atoms with Crippen LogP contribution in [0.4, 0.5) is 4.39 Å². The molecule has 0 aliphatic rings. The van der Waals surface area contributed by atoms with Gasteiger partial charge in [-0.2, -0.15) is 0 Å². The molecular weight excluding hydrogens is 333 g/mol. The summed E-state index contributed by atoms with van der Waals surface area (Å²) in [6.07, 6.45) is -0.300. The van der Waals surface area contributed by atoms with Crippen LogP contribution in [-0.2, 0) is 0 Å². The molecule has 2 aromatic rings. The summed E-state index contributed by atoms with van der Waals surface area (Å²) in [5, 5.41) is 11.9. The Kier molecular flexibility index (Phi) is 8.40. The number of aliphatic hydroxyl groups is 1. The van der Waals surface area contributed by atoms with Gasteiger partial charge in [0.15, 0.2) is 5.78 Å². The summed E-state index contributed by atoms with van der Waals surface area (Å²) < 4.78 is 17.9. The third-order valence-electron chi connectivity index (χ3n) is 3.61. The zero-order valence-corrected chi connectivity index (χ0v) is 14.2. The molecule has 0 amide bonds. The fourth-order valence-electron chi connectivity index (χ4n) is 2.27. The number of nitrogens with two attached hydrogens (primary N) is 1. The molecule has 0 heterocycles. The van der Waals surface area contributed by atoms with Crippen molar-refractivity contribution in [2.45, 2.75) is 12.5 Å². The fraction of sp³-hybridized carbons (Fsp3) is 0.278. The van der Waals surface area contributed by atoms with E-state index in [1.165, 1.54) is 12.1 Å². The van der Waals surface area contributed by atoms with Gasteiger partial charge >= 0.3 is 0 Å². The second kappa shape index (κ2) is 10.0. The van der Waals surface area contributed by atoms with Crippen LogP contribution in [0.15, 0.2) is 48.5 Å². The number of hydrogen-bond donors (Lipinski definition) is 2. The van der Waals surface area contributed by atoms with Crippen molar-refractivity contribution >= 4 is 5.78 Å². The Morgan fingerprint density at radius 2 is 1.96 bits per heavy atom. The predicted molar refractivity (Wildman–Crippen MR) is 85.0 cm³/mol. The number of ether oxygens (including phenoxy) is 1. The highest BCUT2D eigenvalue weighted by Crippen LogP contribution is 2.14. The van der Waals surface area contributed by atoms with Crippen molar-refractivity contribution < 1.29 is 36.8 Å². The number of benzene rings is 2. The van der Waals surface area contributed by atoms with E-state index in [9.17, 15) is 14.3 Å². The van der Waals surface area contributed by atoms with Gasteiger partial charge in [0.05, 0.1) is 20.1 Å². The maximum atomic E-state index is 12.8. The number of methoxy groups -OCH3 is 1. The molecule has 0 radical (unpaired) electrons. The topological polar surface area (TPSA) is 63.1 Å². The van der Waals surface area contributed by atoms with E-state index < -0.39 is 6.10 Å². The van der Waals surface area contributed by atoms with Crippen LogP contribution < -0.4 is 22.5 Å². The minimum atomic E-state index is -0.678. The van der Waals surface area contributed by atoms with Crippen molar-refractivity contribution in [2.24, 2.45) is 0 Å². The Labute approximate surface area is 147 Å². The van der Waals surface area contributed by atoms with E-state index in [1.807, 2.05) is 5.32 Å². The fourth-order valence-corrected chi connectivity index (χ4v) is 2.27. The molecule has 0 saturated heterocycles. The lowest BCUT2D eigenvalue weighted by Gasteiger charge is -2.09. The number of carbonyl (C=O) groups excluding carboxylic acids is 1. The number of Topliss-reactive ketones (excluding diaryl/α,β-unsaturated/α-hetero) is 1. The van der Waals surface area contributed by atoms with E-state index >= 15 is 0 Å². The van der Waals surface area contributed by atoms with Crippen LogP contribution in [0.3, 0.4) is 0 Å². The zero-order chi connectivity index (χ0) is 16.7. The molecule has 3 N–H and O–H groups in total. The van der Waals surface area contributed by atoms with Crippen LogP contribution in [0.5, 0.6) is 5.75 Å². The molecule has 1 unspecified atom stereocenters. The number of hydrogen-bond acceptors (Lipinski definition) is 3. The lowest BCUT2D eigenvalue weighted by Crippen LogP contribution is -3.00. The molecule has 0 spiro atoms. The maximum Gasteiger partial charge on any atom is 0.168 e. The Morgan fingerprint density at radius 1 is 1.25 bits per heavy atom. The van der Waals surface area contributed by atoms with Gasteiger partial charge in [0.25, 0.3) is 0 Å². The smallest absolute Gasteiger partial charge is 0.168 e. The number of aliphatic hydroxyl groups excluding tert-OH is 1. The monoisotopic (exact) mass is 353 g/mol. The van der Waals surface area contributed by atoms with E-state index in [-0.39, 0.29) is 24.0 Å². The lowest BCUT2D eigenvalue weighted by molar-refractivity contribution is -0.660. The average Bonchev–Trinajstić information content (AvgIpc) is 2.59. The summed E-state index contributed by atoms with van der Waals surface area (Å²) >= 11 is 0. The van der Waals surface area contributed by atoms with Crippen LogP contribution in [0, 0.1) is 5.82 Å². The number of ketones is 1. The predicted octanol–water partition coefficient (Wildman–Crippen LogP) is -1.29. The highest BCUT2D eigenvalue weighted by atomic mass is 35.5. The normalized spacial score (nSPS) is 11.5. The minimum absolute atomic E-state index is 0. The van der Waals surface area contributed by atoms with Gasteiger partial charge in [-0.1, -0.05) is 24.3 Å². The largest absolute Gasteiger partial charge is 1.00 e. The molecule has 2 rings (SSSR count). The minimum Gasteiger partial charge on any atom is -1.00 e. The van der Waals surface area contributed by atoms with Crippen LogP contribution >= 0.6 is 0 Å². The molecule has 0 fully saturated rings. The molecule has 0 bridgehead atoms. The van der Waals surface area contributed by atoms with Gasteiger partial charge in [0, 0.05) is 5.56 Å². The molecule has 1 atom stereocenters. The molecule has 0 aliphatic carbocycles. The van der Waals surface area contributed by atoms with Crippen molar-refractivity contribution in [1.29, 1.82) is 0 Å². The van der Waals surface area contributed by atoms with Crippen molar-refractivity contribution in [1.82, 2.24) is 0 Å². The lowest BCUT2D eigenvalue weighted by atomic mass is 10.1. The second-order valence-electron chi connectivity index (χ2n) is 5.29. The van der Waals surface area contributed by atoms with Crippen LogP contribution in [0.25, 0.3) is 0 Å². The van der Waals surface area contributed by atoms with Crippen molar-refractivity contribution in [3.63, 3.8) is 0 Å². The molecule has 6 heteroatoms. The van der Waals surface area contributed by atoms with Crippen molar-refractivity contribution in [2.75, 3.05) is 20.2 Å². The van der Waals surface area contributed by atoms with Gasteiger partial charge in [0.1, 0.15) is 24.2 Å². The SMILES string of the molecule is COc1cccc(C(=O)CC[NH2+]CC(O)c2ccc(F)cc2)c1.[Cl-]. The molecule has 0 aromatic heterocycles. The third-order valence-corrected chi connectivity index (χ3v) is 3.61. The van der Waals surface area contributed by atoms with Gasteiger partial charge in [-0.15, -0.1) is 0 Å². The molecule has 24 heavy (non-hydrogen) atoms. The first-order valence-electron chi connectivity index (χ1n) is 7.52. The Hall–Kier alpha value is -1.95. The molecular formula is C18H21ClFNO3. The quantitative estimate of drug-likeness (QED) is 0.458. The first-order chi connectivity index (χ1) is 11.1. The summed E-state index contributed by atoms with van der Waals surface area (Å²) in [7, 11) is 1.56. The van der Waals surface area contributed by atoms with Gasteiger partial charge in [0.2, 0.25) is 0 Å². The average molecular weight is 354 g/mol. The summed E-state index contributed by atoms with van der Waals surface area (Å²) in [5.41, 5.74) is 1.29. The van der Waals surface area contributed by atoms with Crippen molar-refractivity contribution in [3.8, 4) is 5.75 Å². The van der Waals surface area contributed by atoms with E-state index in [1.54, 1.807) is 43.5 Å². The summed E-state index contributed by atoms with van der Waals surface area (Å²) in [4.78, 5) is 12.1. The number of carbonyl (C=O) groups is 1. The Bertz CT molecular complexity index is 649. The number of halogens is 2. The summed E-state index contributed by atoms with van der Waals surface area (Å²) in [6.45, 7) is 1.01.